The lowest BCUT2D eigenvalue weighted by Gasteiger charge is -2.29. The molecule has 0 radical (unpaired) electrons. The Labute approximate surface area is 164 Å². The zero-order chi connectivity index (χ0) is 20.1. The fourth-order valence-corrected chi connectivity index (χ4v) is 3.05. The van der Waals surface area contributed by atoms with Crippen LogP contribution in [0, 0.1) is 11.8 Å². The van der Waals surface area contributed by atoms with Crippen molar-refractivity contribution in [3.05, 3.63) is 0 Å². The van der Waals surface area contributed by atoms with E-state index in [0.29, 0.717) is 26.1 Å². The third-order valence-electron chi connectivity index (χ3n) is 4.57. The van der Waals surface area contributed by atoms with Crippen molar-refractivity contribution in [2.75, 3.05) is 13.2 Å². The van der Waals surface area contributed by atoms with Crippen molar-refractivity contribution in [1.82, 2.24) is 0 Å². The molecule has 0 aromatic rings. The van der Waals surface area contributed by atoms with Gasteiger partial charge in [-0.15, -0.1) is 0 Å². The maximum atomic E-state index is 11.9. The van der Waals surface area contributed by atoms with Crippen LogP contribution in [0.15, 0.2) is 0 Å². The minimum Gasteiger partial charge on any atom is -0.434 e. The lowest BCUT2D eigenvalue weighted by molar-refractivity contribution is -0.0723. The molecule has 0 bridgehead atoms. The van der Waals surface area contributed by atoms with E-state index in [-0.39, 0.29) is 5.92 Å². The first-order valence-corrected chi connectivity index (χ1v) is 10.5. The van der Waals surface area contributed by atoms with Gasteiger partial charge in [-0.2, -0.15) is 0 Å². The second-order valence-corrected chi connectivity index (χ2v) is 8.25. The number of hydrogen-bond donors (Lipinski definition) is 0. The molecule has 0 heterocycles. The summed E-state index contributed by atoms with van der Waals surface area (Å²) in [5, 5.41) is 0. The Bertz CT molecular complexity index is 421. The van der Waals surface area contributed by atoms with E-state index in [4.69, 9.17) is 18.9 Å². The first-order chi connectivity index (χ1) is 12.9. The molecule has 1 rings (SSSR count). The van der Waals surface area contributed by atoms with E-state index in [2.05, 4.69) is 13.8 Å². The van der Waals surface area contributed by atoms with E-state index in [1.807, 2.05) is 13.8 Å². The molecule has 0 aromatic heterocycles. The van der Waals surface area contributed by atoms with Gasteiger partial charge < -0.3 is 18.9 Å². The predicted octanol–water partition coefficient (Wildman–Crippen LogP) is 5.87. The highest BCUT2D eigenvalue weighted by Crippen LogP contribution is 2.25. The Kier molecular flexibility index (Phi) is 11.9. The van der Waals surface area contributed by atoms with E-state index < -0.39 is 24.5 Å². The molecule has 0 aliphatic heterocycles. The van der Waals surface area contributed by atoms with Crippen LogP contribution in [0.2, 0.25) is 0 Å². The van der Waals surface area contributed by atoms with Crippen LogP contribution in [0.1, 0.15) is 85.5 Å². The van der Waals surface area contributed by atoms with Crippen molar-refractivity contribution < 1.29 is 28.5 Å². The van der Waals surface area contributed by atoms with Crippen LogP contribution >= 0.6 is 0 Å². The zero-order valence-electron chi connectivity index (χ0n) is 17.5. The molecule has 2 atom stereocenters. The maximum Gasteiger partial charge on any atom is 0.508 e. The molecule has 0 aromatic carbocycles. The minimum atomic E-state index is -0.695. The van der Waals surface area contributed by atoms with Gasteiger partial charge in [0.25, 0.3) is 0 Å². The highest BCUT2D eigenvalue weighted by atomic mass is 16.8. The molecule has 2 unspecified atom stereocenters. The van der Waals surface area contributed by atoms with E-state index in [1.54, 1.807) is 0 Å². The average Bonchev–Trinajstić information content (AvgIpc) is 2.60. The Morgan fingerprint density at radius 3 is 1.89 bits per heavy atom. The Morgan fingerprint density at radius 1 is 0.778 bits per heavy atom. The third kappa shape index (κ3) is 11.8. The van der Waals surface area contributed by atoms with Gasteiger partial charge in [-0.25, -0.2) is 9.59 Å². The molecule has 1 aliphatic rings. The summed E-state index contributed by atoms with van der Waals surface area (Å²) in [5.41, 5.74) is 0. The molecule has 1 saturated carbocycles. The van der Waals surface area contributed by atoms with Crippen LogP contribution in [0.25, 0.3) is 0 Å². The summed E-state index contributed by atoms with van der Waals surface area (Å²) in [7, 11) is 0. The minimum absolute atomic E-state index is 0.247. The van der Waals surface area contributed by atoms with E-state index in [9.17, 15) is 9.59 Å². The van der Waals surface area contributed by atoms with E-state index >= 15 is 0 Å². The molecule has 6 heteroatoms. The summed E-state index contributed by atoms with van der Waals surface area (Å²) in [6, 6.07) is 0. The normalized spacial score (nSPS) is 19.8. The average molecular weight is 387 g/mol. The number of carbonyl (C=O) groups is 2. The molecular weight excluding hydrogens is 348 g/mol. The van der Waals surface area contributed by atoms with Crippen molar-refractivity contribution in [1.29, 1.82) is 0 Å². The Morgan fingerprint density at radius 2 is 1.33 bits per heavy atom. The summed E-state index contributed by atoms with van der Waals surface area (Å²) in [6.45, 7) is 9.06. The zero-order valence-corrected chi connectivity index (χ0v) is 17.5. The highest BCUT2D eigenvalue weighted by molar-refractivity contribution is 5.61. The molecule has 1 fully saturated rings. The molecule has 0 N–H and O–H groups in total. The van der Waals surface area contributed by atoms with Crippen molar-refractivity contribution in [3.63, 3.8) is 0 Å². The second kappa shape index (κ2) is 13.7. The molecular formula is C21H38O6. The largest absolute Gasteiger partial charge is 0.508 e. The molecule has 0 amide bonds. The van der Waals surface area contributed by atoms with Crippen molar-refractivity contribution in [2.45, 2.75) is 97.7 Å². The van der Waals surface area contributed by atoms with Crippen molar-refractivity contribution >= 4 is 12.3 Å². The maximum absolute atomic E-state index is 11.9. The van der Waals surface area contributed by atoms with Gasteiger partial charge in [0, 0.05) is 0 Å². The second-order valence-electron chi connectivity index (χ2n) is 8.25. The van der Waals surface area contributed by atoms with Gasteiger partial charge in [0.1, 0.15) is 12.2 Å². The molecule has 0 saturated heterocycles. The number of rotatable bonds is 11. The SMILES string of the molecule is CC(C)CCCCCCOC(=O)OC1CCCCC1OC(=O)OCC(C)C. The van der Waals surface area contributed by atoms with Crippen molar-refractivity contribution in [2.24, 2.45) is 11.8 Å². The number of ether oxygens (including phenoxy) is 4. The van der Waals surface area contributed by atoms with Gasteiger partial charge in [0.05, 0.1) is 13.2 Å². The molecule has 158 valence electrons. The van der Waals surface area contributed by atoms with Crippen LogP contribution in [-0.4, -0.2) is 37.7 Å². The van der Waals surface area contributed by atoms with Crippen LogP contribution < -0.4 is 0 Å². The van der Waals surface area contributed by atoms with Crippen LogP contribution in [-0.2, 0) is 18.9 Å². The van der Waals surface area contributed by atoms with Gasteiger partial charge in [-0.3, -0.25) is 0 Å². The lowest BCUT2D eigenvalue weighted by atomic mass is 9.95. The van der Waals surface area contributed by atoms with Crippen molar-refractivity contribution in [3.8, 4) is 0 Å². The lowest BCUT2D eigenvalue weighted by Crippen LogP contribution is -2.38. The molecule has 1 aliphatic carbocycles. The third-order valence-corrected chi connectivity index (χ3v) is 4.57. The van der Waals surface area contributed by atoms with E-state index in [1.165, 1.54) is 12.8 Å². The van der Waals surface area contributed by atoms with Gasteiger partial charge in [-0.05, 0) is 43.9 Å². The summed E-state index contributed by atoms with van der Waals surface area (Å²) < 4.78 is 21.0. The monoisotopic (exact) mass is 386 g/mol. The summed E-state index contributed by atoms with van der Waals surface area (Å²) in [4.78, 5) is 23.7. The highest BCUT2D eigenvalue weighted by Gasteiger charge is 2.32. The standard InChI is InChI=1S/C21H38O6/c1-16(2)11-7-5-6-10-14-24-20(22)26-18-12-8-9-13-19(18)27-21(23)25-15-17(3)4/h16-19H,5-15H2,1-4H3. The molecule has 27 heavy (non-hydrogen) atoms. The van der Waals surface area contributed by atoms with E-state index in [0.717, 1.165) is 38.0 Å². The first kappa shape index (κ1) is 23.6. The fourth-order valence-electron chi connectivity index (χ4n) is 3.05. The van der Waals surface area contributed by atoms with Gasteiger partial charge in [0.2, 0.25) is 0 Å². The Balaban J connectivity index is 2.22. The Hall–Kier alpha value is -1.46. The quantitative estimate of drug-likeness (QED) is 0.327. The van der Waals surface area contributed by atoms with Gasteiger partial charge in [-0.1, -0.05) is 53.4 Å². The number of hydrogen-bond acceptors (Lipinski definition) is 6. The fraction of sp³-hybridized carbons (Fsp3) is 0.905. The van der Waals surface area contributed by atoms with Gasteiger partial charge >= 0.3 is 12.3 Å². The first-order valence-electron chi connectivity index (χ1n) is 10.5. The number of carbonyl (C=O) groups excluding carboxylic acids is 2. The molecule has 0 spiro atoms. The smallest absolute Gasteiger partial charge is 0.434 e. The van der Waals surface area contributed by atoms with Crippen LogP contribution in [0.5, 0.6) is 0 Å². The predicted molar refractivity (Wildman–Crippen MR) is 104 cm³/mol. The summed E-state index contributed by atoms with van der Waals surface area (Å²) >= 11 is 0. The number of unbranched alkanes of at least 4 members (excludes halogenated alkanes) is 3. The summed E-state index contributed by atoms with van der Waals surface area (Å²) in [6.07, 6.45) is 6.46. The topological polar surface area (TPSA) is 71.1 Å². The molecule has 6 nitrogen and oxygen atoms in total. The van der Waals surface area contributed by atoms with Crippen LogP contribution in [0.4, 0.5) is 9.59 Å². The summed E-state index contributed by atoms with van der Waals surface area (Å²) in [5.74, 6) is 0.987. The van der Waals surface area contributed by atoms with Gasteiger partial charge in [0.15, 0.2) is 0 Å². The van der Waals surface area contributed by atoms with Crippen LogP contribution in [0.3, 0.4) is 0 Å².